The molecule has 0 saturated heterocycles. The summed E-state index contributed by atoms with van der Waals surface area (Å²) in [6.07, 6.45) is 2.90. The molecular weight excluding hydrogens is 421 g/mol. The van der Waals surface area contributed by atoms with Crippen molar-refractivity contribution in [3.8, 4) is 5.75 Å². The molecule has 0 aliphatic rings. The van der Waals surface area contributed by atoms with Gasteiger partial charge in [-0.3, -0.25) is 4.79 Å². The van der Waals surface area contributed by atoms with E-state index in [-0.39, 0.29) is 12.2 Å². The van der Waals surface area contributed by atoms with E-state index in [1.807, 2.05) is 30.3 Å². The molecule has 4 rings (SSSR count). The van der Waals surface area contributed by atoms with Gasteiger partial charge >= 0.3 is 5.97 Å². The van der Waals surface area contributed by atoms with Gasteiger partial charge in [0, 0.05) is 11.5 Å². The summed E-state index contributed by atoms with van der Waals surface area (Å²) >= 11 is 0. The van der Waals surface area contributed by atoms with Gasteiger partial charge < -0.3 is 15.2 Å². The fourth-order valence-electron chi connectivity index (χ4n) is 3.32. The van der Waals surface area contributed by atoms with E-state index < -0.39 is 23.4 Å². The second-order valence-electron chi connectivity index (χ2n) is 7.31. The second kappa shape index (κ2) is 9.78. The molecule has 1 amide bonds. The Kier molecular flexibility index (Phi) is 6.45. The first-order valence-corrected chi connectivity index (χ1v) is 10.2. The number of phenolic OH excluding ortho intramolecular Hbond substituents is 1. The first-order valence-electron chi connectivity index (χ1n) is 10.2. The Labute approximate surface area is 189 Å². The summed E-state index contributed by atoms with van der Waals surface area (Å²) in [5.74, 6) is -2.07. The number of carbonyl (C=O) groups excluding carboxylic acids is 2. The number of aromatic hydroxyl groups is 1. The second-order valence-corrected chi connectivity index (χ2v) is 7.31. The average molecular weight is 441 g/mol. The van der Waals surface area contributed by atoms with Crippen LogP contribution in [0.15, 0.2) is 91.0 Å². The van der Waals surface area contributed by atoms with E-state index in [9.17, 15) is 19.1 Å². The fraction of sp³-hybridized carbons (Fsp3) is 0.0370. The van der Waals surface area contributed by atoms with Crippen molar-refractivity contribution in [2.75, 3.05) is 5.32 Å². The SMILES string of the molecule is O=C(/C=C/c1ccc2c(F)c(O)ccc2c1)Nc1ccccc1C(=O)OCc1ccccc1. The number of para-hydroxylation sites is 1. The summed E-state index contributed by atoms with van der Waals surface area (Å²) in [5.41, 5.74) is 2.12. The van der Waals surface area contributed by atoms with Crippen molar-refractivity contribution in [3.63, 3.8) is 0 Å². The molecule has 0 radical (unpaired) electrons. The molecule has 2 N–H and O–H groups in total. The van der Waals surface area contributed by atoms with Gasteiger partial charge in [-0.05, 0) is 46.9 Å². The normalized spacial score (nSPS) is 10.9. The van der Waals surface area contributed by atoms with Crippen molar-refractivity contribution in [1.82, 2.24) is 0 Å². The van der Waals surface area contributed by atoms with Crippen molar-refractivity contribution >= 4 is 34.4 Å². The molecule has 0 unspecified atom stereocenters. The van der Waals surface area contributed by atoms with E-state index in [1.54, 1.807) is 54.6 Å². The zero-order chi connectivity index (χ0) is 23.2. The van der Waals surface area contributed by atoms with Crippen molar-refractivity contribution in [1.29, 1.82) is 0 Å². The summed E-state index contributed by atoms with van der Waals surface area (Å²) in [7, 11) is 0. The quantitative estimate of drug-likeness (QED) is 0.298. The molecule has 0 atom stereocenters. The predicted octanol–water partition coefficient (Wildman–Crippen LogP) is 5.69. The standard InChI is InChI=1S/C27H20FNO4/c28-26-21-13-10-18(16-20(21)12-14-24(26)30)11-15-25(31)29-23-9-5-4-8-22(23)27(32)33-17-19-6-2-1-3-7-19/h1-16,30H,17H2,(H,29,31)/b15-11+. The first kappa shape index (κ1) is 21.8. The topological polar surface area (TPSA) is 75.6 Å². The minimum atomic E-state index is -0.684. The third-order valence-corrected chi connectivity index (χ3v) is 5.00. The van der Waals surface area contributed by atoms with Gasteiger partial charge in [-0.2, -0.15) is 0 Å². The lowest BCUT2D eigenvalue weighted by Crippen LogP contribution is -2.13. The van der Waals surface area contributed by atoms with Gasteiger partial charge in [-0.1, -0.05) is 60.7 Å². The Bertz CT molecular complexity index is 1350. The number of ether oxygens (including phenoxy) is 1. The van der Waals surface area contributed by atoms with Crippen LogP contribution in [-0.4, -0.2) is 17.0 Å². The van der Waals surface area contributed by atoms with Crippen LogP contribution in [0, 0.1) is 5.82 Å². The van der Waals surface area contributed by atoms with Gasteiger partial charge in [0.05, 0.1) is 11.3 Å². The molecule has 33 heavy (non-hydrogen) atoms. The molecule has 0 heterocycles. The number of hydrogen-bond acceptors (Lipinski definition) is 4. The number of fused-ring (bicyclic) bond motifs is 1. The highest BCUT2D eigenvalue weighted by molar-refractivity contribution is 6.06. The number of rotatable bonds is 6. The zero-order valence-corrected chi connectivity index (χ0v) is 17.5. The van der Waals surface area contributed by atoms with E-state index in [0.29, 0.717) is 22.0 Å². The molecule has 0 fully saturated rings. The number of amides is 1. The van der Waals surface area contributed by atoms with E-state index in [0.717, 1.165) is 5.56 Å². The molecule has 0 spiro atoms. The number of anilines is 1. The van der Waals surface area contributed by atoms with E-state index >= 15 is 0 Å². The molecule has 0 aliphatic carbocycles. The molecule has 6 heteroatoms. The molecule has 4 aromatic rings. The van der Waals surface area contributed by atoms with Crippen LogP contribution in [0.25, 0.3) is 16.8 Å². The highest BCUT2D eigenvalue weighted by Gasteiger charge is 2.14. The van der Waals surface area contributed by atoms with Crippen molar-refractivity contribution < 1.29 is 23.8 Å². The predicted molar refractivity (Wildman–Crippen MR) is 125 cm³/mol. The van der Waals surface area contributed by atoms with Gasteiger partial charge in [-0.15, -0.1) is 0 Å². The van der Waals surface area contributed by atoms with Gasteiger partial charge in [0.15, 0.2) is 11.6 Å². The summed E-state index contributed by atoms with van der Waals surface area (Å²) in [6.45, 7) is 0.127. The average Bonchev–Trinajstić information content (AvgIpc) is 2.84. The van der Waals surface area contributed by atoms with Crippen LogP contribution in [0.1, 0.15) is 21.5 Å². The van der Waals surface area contributed by atoms with E-state index in [1.165, 1.54) is 12.1 Å². The van der Waals surface area contributed by atoms with Crippen LogP contribution in [0.2, 0.25) is 0 Å². The molecule has 0 aromatic heterocycles. The number of hydrogen-bond donors (Lipinski definition) is 2. The molecule has 0 aliphatic heterocycles. The maximum absolute atomic E-state index is 14.0. The van der Waals surface area contributed by atoms with Crippen LogP contribution in [0.3, 0.4) is 0 Å². The minimum absolute atomic E-state index is 0.127. The lowest BCUT2D eigenvalue weighted by atomic mass is 10.1. The van der Waals surface area contributed by atoms with Crippen LogP contribution >= 0.6 is 0 Å². The monoisotopic (exact) mass is 441 g/mol. The van der Waals surface area contributed by atoms with E-state index in [2.05, 4.69) is 5.32 Å². The lowest BCUT2D eigenvalue weighted by molar-refractivity contribution is -0.111. The van der Waals surface area contributed by atoms with Crippen LogP contribution in [-0.2, 0) is 16.1 Å². The van der Waals surface area contributed by atoms with Gasteiger partial charge in [0.25, 0.3) is 0 Å². The maximum atomic E-state index is 14.0. The van der Waals surface area contributed by atoms with E-state index in [4.69, 9.17) is 4.74 Å². The Morgan fingerprint density at radius 1 is 0.939 bits per heavy atom. The Hall–Kier alpha value is -4.45. The molecular formula is C27H20FNO4. The lowest BCUT2D eigenvalue weighted by Gasteiger charge is -2.10. The smallest absolute Gasteiger partial charge is 0.340 e. The summed E-state index contributed by atoms with van der Waals surface area (Å²) in [4.78, 5) is 25.0. The first-order chi connectivity index (χ1) is 16.0. The third kappa shape index (κ3) is 5.25. The van der Waals surface area contributed by atoms with Crippen LogP contribution < -0.4 is 5.32 Å². The zero-order valence-electron chi connectivity index (χ0n) is 17.5. The molecule has 4 aromatic carbocycles. The van der Waals surface area contributed by atoms with Crippen molar-refractivity contribution in [3.05, 3.63) is 114 Å². The van der Waals surface area contributed by atoms with Gasteiger partial charge in [0.2, 0.25) is 5.91 Å². The maximum Gasteiger partial charge on any atom is 0.340 e. The van der Waals surface area contributed by atoms with Crippen molar-refractivity contribution in [2.24, 2.45) is 0 Å². The number of nitrogens with one attached hydrogen (secondary N) is 1. The van der Waals surface area contributed by atoms with Gasteiger partial charge in [0.1, 0.15) is 6.61 Å². The molecule has 0 bridgehead atoms. The molecule has 5 nitrogen and oxygen atoms in total. The summed E-state index contributed by atoms with van der Waals surface area (Å²) in [5, 5.41) is 13.1. The summed E-state index contributed by atoms with van der Waals surface area (Å²) < 4.78 is 19.3. The number of benzene rings is 4. The van der Waals surface area contributed by atoms with Crippen LogP contribution in [0.4, 0.5) is 10.1 Å². The third-order valence-electron chi connectivity index (χ3n) is 5.00. The van der Waals surface area contributed by atoms with Crippen molar-refractivity contribution in [2.45, 2.75) is 6.61 Å². The summed E-state index contributed by atoms with van der Waals surface area (Å²) in [6, 6.07) is 23.7. The number of carbonyl (C=O) groups is 2. The number of phenols is 1. The Morgan fingerprint density at radius 3 is 2.52 bits per heavy atom. The number of halogens is 1. The van der Waals surface area contributed by atoms with Crippen LogP contribution in [0.5, 0.6) is 5.75 Å². The molecule has 0 saturated carbocycles. The van der Waals surface area contributed by atoms with Gasteiger partial charge in [-0.25, -0.2) is 9.18 Å². The Balaban J connectivity index is 1.44. The minimum Gasteiger partial charge on any atom is -0.505 e. The fourth-order valence-corrected chi connectivity index (χ4v) is 3.32. The largest absolute Gasteiger partial charge is 0.505 e. The highest BCUT2D eigenvalue weighted by Crippen LogP contribution is 2.26. The Morgan fingerprint density at radius 2 is 1.70 bits per heavy atom. The number of esters is 1. The highest BCUT2D eigenvalue weighted by atomic mass is 19.1. The molecule has 164 valence electrons.